The van der Waals surface area contributed by atoms with E-state index >= 15 is 0 Å². The van der Waals surface area contributed by atoms with Gasteiger partial charge in [-0.3, -0.25) is 0 Å². The van der Waals surface area contributed by atoms with Crippen molar-refractivity contribution in [1.29, 1.82) is 5.26 Å². The Morgan fingerprint density at radius 3 is 2.38 bits per heavy atom. The first-order valence-electron chi connectivity index (χ1n) is 5.76. The van der Waals surface area contributed by atoms with Crippen molar-refractivity contribution in [2.24, 2.45) is 0 Å². The van der Waals surface area contributed by atoms with Gasteiger partial charge < -0.3 is 10.2 Å². The Kier molecular flexibility index (Phi) is 3.43. The third-order valence-electron chi connectivity index (χ3n) is 3.26. The van der Waals surface area contributed by atoms with E-state index in [0.717, 1.165) is 18.7 Å². The zero-order valence-corrected chi connectivity index (χ0v) is 9.61. The van der Waals surface area contributed by atoms with Crippen molar-refractivity contribution in [1.82, 2.24) is 5.32 Å². The minimum Gasteiger partial charge on any atom is -0.371 e. The first-order chi connectivity index (χ1) is 7.83. The quantitative estimate of drug-likeness (QED) is 0.817. The summed E-state index contributed by atoms with van der Waals surface area (Å²) in [7, 11) is 2.03. The lowest BCUT2D eigenvalue weighted by Crippen LogP contribution is -2.41. The molecule has 0 spiro atoms. The van der Waals surface area contributed by atoms with Crippen LogP contribution < -0.4 is 10.2 Å². The number of piperidine rings is 1. The van der Waals surface area contributed by atoms with Gasteiger partial charge >= 0.3 is 0 Å². The summed E-state index contributed by atoms with van der Waals surface area (Å²) in [6.07, 6.45) is 2.38. The minimum atomic E-state index is 0.662. The highest BCUT2D eigenvalue weighted by Gasteiger charge is 2.17. The molecule has 1 aliphatic heterocycles. The lowest BCUT2D eigenvalue weighted by Gasteiger charge is -2.33. The summed E-state index contributed by atoms with van der Waals surface area (Å²) >= 11 is 0. The number of hydrogen-bond acceptors (Lipinski definition) is 3. The molecule has 0 bridgehead atoms. The molecule has 0 saturated carbocycles. The van der Waals surface area contributed by atoms with E-state index < -0.39 is 0 Å². The van der Waals surface area contributed by atoms with Crippen LogP contribution in [-0.4, -0.2) is 26.2 Å². The summed E-state index contributed by atoms with van der Waals surface area (Å²) in [6, 6.07) is 10.7. The molecule has 1 fully saturated rings. The van der Waals surface area contributed by atoms with Crippen LogP contribution in [0.3, 0.4) is 0 Å². The maximum atomic E-state index is 8.73. The SMILES string of the molecule is CNC1CCN(c2ccc(C#N)cc2)CC1. The van der Waals surface area contributed by atoms with Crippen molar-refractivity contribution >= 4 is 5.69 Å². The van der Waals surface area contributed by atoms with Crippen LogP contribution in [0.1, 0.15) is 18.4 Å². The normalized spacial score (nSPS) is 17.1. The number of nitriles is 1. The Morgan fingerprint density at radius 1 is 1.25 bits per heavy atom. The molecule has 1 N–H and O–H groups in total. The number of hydrogen-bond donors (Lipinski definition) is 1. The summed E-state index contributed by atoms with van der Waals surface area (Å²) in [5.41, 5.74) is 1.96. The number of benzene rings is 1. The van der Waals surface area contributed by atoms with Crippen molar-refractivity contribution in [3.8, 4) is 6.07 Å². The summed E-state index contributed by atoms with van der Waals surface area (Å²) in [5.74, 6) is 0. The Morgan fingerprint density at radius 2 is 1.88 bits per heavy atom. The summed E-state index contributed by atoms with van der Waals surface area (Å²) in [6.45, 7) is 2.19. The van der Waals surface area contributed by atoms with Crippen LogP contribution in [0.5, 0.6) is 0 Å². The number of rotatable bonds is 2. The molecule has 16 heavy (non-hydrogen) atoms. The molecule has 3 heteroatoms. The number of nitrogens with one attached hydrogen (secondary N) is 1. The van der Waals surface area contributed by atoms with Gasteiger partial charge in [0.15, 0.2) is 0 Å². The highest BCUT2D eigenvalue weighted by molar-refractivity contribution is 5.49. The van der Waals surface area contributed by atoms with Gasteiger partial charge in [-0.05, 0) is 44.2 Å². The van der Waals surface area contributed by atoms with Crippen LogP contribution in [0, 0.1) is 11.3 Å². The van der Waals surface area contributed by atoms with Gasteiger partial charge in [0.2, 0.25) is 0 Å². The molecule has 1 aromatic carbocycles. The molecule has 0 aromatic heterocycles. The van der Waals surface area contributed by atoms with Gasteiger partial charge in [0.1, 0.15) is 0 Å². The molecule has 0 aliphatic carbocycles. The van der Waals surface area contributed by atoms with E-state index in [1.165, 1.54) is 18.5 Å². The van der Waals surface area contributed by atoms with Gasteiger partial charge in [0, 0.05) is 24.8 Å². The molecule has 1 aromatic rings. The van der Waals surface area contributed by atoms with Crippen molar-refractivity contribution in [2.45, 2.75) is 18.9 Å². The summed E-state index contributed by atoms with van der Waals surface area (Å²) in [4.78, 5) is 2.38. The largest absolute Gasteiger partial charge is 0.371 e. The van der Waals surface area contributed by atoms with Gasteiger partial charge in [-0.1, -0.05) is 0 Å². The van der Waals surface area contributed by atoms with E-state index in [2.05, 4.69) is 16.3 Å². The molecule has 2 rings (SSSR count). The molecule has 1 heterocycles. The van der Waals surface area contributed by atoms with Crippen molar-refractivity contribution < 1.29 is 0 Å². The Bertz CT molecular complexity index is 369. The molecular formula is C13H17N3. The molecule has 3 nitrogen and oxygen atoms in total. The van der Waals surface area contributed by atoms with E-state index in [1.807, 2.05) is 31.3 Å². The van der Waals surface area contributed by atoms with Gasteiger partial charge in [-0.25, -0.2) is 0 Å². The van der Waals surface area contributed by atoms with Crippen LogP contribution in [-0.2, 0) is 0 Å². The molecule has 0 unspecified atom stereocenters. The second-order valence-electron chi connectivity index (χ2n) is 4.21. The smallest absolute Gasteiger partial charge is 0.0991 e. The first-order valence-corrected chi connectivity index (χ1v) is 5.76. The van der Waals surface area contributed by atoms with Crippen molar-refractivity contribution in [2.75, 3.05) is 25.0 Å². The first kappa shape index (κ1) is 11.0. The van der Waals surface area contributed by atoms with Crippen molar-refractivity contribution in [3.05, 3.63) is 29.8 Å². The van der Waals surface area contributed by atoms with E-state index in [9.17, 15) is 0 Å². The molecule has 0 amide bonds. The number of anilines is 1. The predicted octanol–water partition coefficient (Wildman–Crippen LogP) is 1.75. The summed E-state index contributed by atoms with van der Waals surface area (Å²) < 4.78 is 0. The highest BCUT2D eigenvalue weighted by Crippen LogP contribution is 2.20. The van der Waals surface area contributed by atoms with Crippen LogP contribution in [0.25, 0.3) is 0 Å². The minimum absolute atomic E-state index is 0.662. The van der Waals surface area contributed by atoms with Crippen molar-refractivity contribution in [3.63, 3.8) is 0 Å². The molecule has 0 atom stereocenters. The maximum absolute atomic E-state index is 8.73. The maximum Gasteiger partial charge on any atom is 0.0991 e. The fourth-order valence-electron chi connectivity index (χ4n) is 2.17. The highest BCUT2D eigenvalue weighted by atomic mass is 15.1. The molecule has 1 saturated heterocycles. The van der Waals surface area contributed by atoms with Gasteiger partial charge in [-0.15, -0.1) is 0 Å². The Hall–Kier alpha value is -1.53. The van der Waals surface area contributed by atoms with Gasteiger partial charge in [-0.2, -0.15) is 5.26 Å². The zero-order valence-electron chi connectivity index (χ0n) is 9.61. The van der Waals surface area contributed by atoms with E-state index in [-0.39, 0.29) is 0 Å². The average molecular weight is 215 g/mol. The fourth-order valence-corrected chi connectivity index (χ4v) is 2.17. The Balaban J connectivity index is 2.00. The summed E-state index contributed by atoms with van der Waals surface area (Å²) in [5, 5.41) is 12.1. The van der Waals surface area contributed by atoms with Crippen LogP contribution in [0.15, 0.2) is 24.3 Å². The Labute approximate surface area is 96.7 Å². The second-order valence-corrected chi connectivity index (χ2v) is 4.21. The topological polar surface area (TPSA) is 39.1 Å². The third kappa shape index (κ3) is 2.34. The standard InChI is InChI=1S/C13H17N3/c1-15-12-6-8-16(9-7-12)13-4-2-11(10-14)3-5-13/h2-5,12,15H,6-9H2,1H3. The monoisotopic (exact) mass is 215 g/mol. The molecular weight excluding hydrogens is 198 g/mol. The average Bonchev–Trinajstić information content (AvgIpc) is 2.39. The number of nitrogens with zero attached hydrogens (tertiary/aromatic N) is 2. The van der Waals surface area contributed by atoms with Crippen LogP contribution in [0.4, 0.5) is 5.69 Å². The molecule has 1 aliphatic rings. The fraction of sp³-hybridized carbons (Fsp3) is 0.462. The lowest BCUT2D eigenvalue weighted by molar-refractivity contribution is 0.442. The van der Waals surface area contributed by atoms with E-state index in [0.29, 0.717) is 6.04 Å². The molecule has 0 radical (unpaired) electrons. The molecule has 84 valence electrons. The van der Waals surface area contributed by atoms with Gasteiger partial charge in [0.05, 0.1) is 11.6 Å². The van der Waals surface area contributed by atoms with Gasteiger partial charge in [0.25, 0.3) is 0 Å². The second kappa shape index (κ2) is 5.00. The van der Waals surface area contributed by atoms with Crippen LogP contribution >= 0.6 is 0 Å². The third-order valence-corrected chi connectivity index (χ3v) is 3.26. The van der Waals surface area contributed by atoms with E-state index in [4.69, 9.17) is 5.26 Å². The lowest BCUT2D eigenvalue weighted by atomic mass is 10.0. The zero-order chi connectivity index (χ0) is 11.4. The van der Waals surface area contributed by atoms with Crippen LogP contribution in [0.2, 0.25) is 0 Å². The van der Waals surface area contributed by atoms with E-state index in [1.54, 1.807) is 0 Å². The predicted molar refractivity (Wildman–Crippen MR) is 65.5 cm³/mol.